The third-order valence-corrected chi connectivity index (χ3v) is 4.47. The van der Waals surface area contributed by atoms with E-state index >= 15 is 0 Å². The molecule has 3 aromatic rings. The molecule has 11 heteroatoms. The monoisotopic (exact) mass is 449 g/mol. The zero-order valence-electron chi connectivity index (χ0n) is 17.7. The first kappa shape index (κ1) is 22.9. The minimum Gasteiger partial charge on any atom is -0.493 e. The molecule has 0 fully saturated rings. The van der Waals surface area contributed by atoms with Crippen molar-refractivity contribution in [3.63, 3.8) is 0 Å². The van der Waals surface area contributed by atoms with Crippen LogP contribution in [0.3, 0.4) is 0 Å². The van der Waals surface area contributed by atoms with Gasteiger partial charge in [-0.15, -0.1) is 0 Å². The lowest BCUT2D eigenvalue weighted by atomic mass is 10.2. The fraction of sp³-hybridized carbons (Fsp3) is 0.286. The standard InChI is InChI=1S/C21H22F3N5O3/c1-30-16-10-14(11-17(31-2)18(16)32-3)28-20-27-12-15(21(22,23)24)19(29-20)26-9-6-13-4-7-25-8-5-13/h4-5,7-8,10-12H,6,9H2,1-3H3,(H2,26,27,28,29). The van der Waals surface area contributed by atoms with Crippen LogP contribution in [0, 0.1) is 0 Å². The van der Waals surface area contributed by atoms with Crippen molar-refractivity contribution in [3.05, 3.63) is 54.0 Å². The summed E-state index contributed by atoms with van der Waals surface area (Å²) >= 11 is 0. The Morgan fingerprint density at radius 1 is 0.969 bits per heavy atom. The van der Waals surface area contributed by atoms with Gasteiger partial charge in [-0.1, -0.05) is 0 Å². The van der Waals surface area contributed by atoms with Crippen LogP contribution in [0.4, 0.5) is 30.6 Å². The normalized spacial score (nSPS) is 11.1. The highest BCUT2D eigenvalue weighted by atomic mass is 19.4. The highest BCUT2D eigenvalue weighted by Gasteiger charge is 2.35. The summed E-state index contributed by atoms with van der Waals surface area (Å²) in [7, 11) is 4.39. The molecule has 0 radical (unpaired) electrons. The van der Waals surface area contributed by atoms with Gasteiger partial charge in [0.15, 0.2) is 11.5 Å². The van der Waals surface area contributed by atoms with Gasteiger partial charge in [-0.05, 0) is 24.1 Å². The van der Waals surface area contributed by atoms with Crippen molar-refractivity contribution in [2.75, 3.05) is 38.5 Å². The molecule has 0 aliphatic rings. The molecule has 0 bridgehead atoms. The first-order valence-corrected chi connectivity index (χ1v) is 9.49. The largest absolute Gasteiger partial charge is 0.493 e. The van der Waals surface area contributed by atoms with Crippen molar-refractivity contribution in [2.24, 2.45) is 0 Å². The van der Waals surface area contributed by atoms with Crippen LogP contribution < -0.4 is 24.8 Å². The van der Waals surface area contributed by atoms with E-state index in [1.807, 2.05) is 0 Å². The summed E-state index contributed by atoms with van der Waals surface area (Å²) in [6, 6.07) is 6.78. The van der Waals surface area contributed by atoms with E-state index in [4.69, 9.17) is 14.2 Å². The number of nitrogens with one attached hydrogen (secondary N) is 2. The Morgan fingerprint density at radius 3 is 2.19 bits per heavy atom. The molecule has 0 amide bonds. The third kappa shape index (κ3) is 5.48. The number of alkyl halides is 3. The van der Waals surface area contributed by atoms with Crippen LogP contribution in [0.25, 0.3) is 0 Å². The number of pyridine rings is 1. The van der Waals surface area contributed by atoms with E-state index in [9.17, 15) is 13.2 Å². The van der Waals surface area contributed by atoms with Crippen LogP contribution in [-0.4, -0.2) is 42.8 Å². The van der Waals surface area contributed by atoms with Crippen molar-refractivity contribution in [1.29, 1.82) is 0 Å². The average molecular weight is 449 g/mol. The quantitative estimate of drug-likeness (QED) is 0.499. The molecule has 2 heterocycles. The molecule has 3 rings (SSSR count). The molecular weight excluding hydrogens is 427 g/mol. The second kappa shape index (κ2) is 10.0. The Bertz CT molecular complexity index is 1020. The minimum absolute atomic E-state index is 0.0290. The van der Waals surface area contributed by atoms with Crippen LogP contribution in [0.1, 0.15) is 11.1 Å². The van der Waals surface area contributed by atoms with Gasteiger partial charge in [0.2, 0.25) is 11.7 Å². The number of hydrogen-bond donors (Lipinski definition) is 2. The van der Waals surface area contributed by atoms with Gasteiger partial charge in [-0.25, -0.2) is 4.98 Å². The van der Waals surface area contributed by atoms with Crippen LogP contribution >= 0.6 is 0 Å². The molecule has 2 N–H and O–H groups in total. The molecule has 0 atom stereocenters. The number of benzene rings is 1. The fourth-order valence-corrected chi connectivity index (χ4v) is 2.94. The van der Waals surface area contributed by atoms with Gasteiger partial charge in [0.05, 0.1) is 21.3 Å². The maximum Gasteiger partial charge on any atom is 0.421 e. The topological polar surface area (TPSA) is 90.4 Å². The second-order valence-corrected chi connectivity index (χ2v) is 6.52. The maximum atomic E-state index is 13.4. The Hall–Kier alpha value is -3.76. The van der Waals surface area contributed by atoms with Crippen molar-refractivity contribution < 1.29 is 27.4 Å². The lowest BCUT2D eigenvalue weighted by molar-refractivity contribution is -0.137. The molecule has 0 aliphatic carbocycles. The van der Waals surface area contributed by atoms with Crippen LogP contribution in [-0.2, 0) is 12.6 Å². The zero-order chi connectivity index (χ0) is 23.1. The molecule has 32 heavy (non-hydrogen) atoms. The van der Waals surface area contributed by atoms with E-state index in [0.29, 0.717) is 29.4 Å². The van der Waals surface area contributed by atoms with Crippen molar-refractivity contribution in [1.82, 2.24) is 15.0 Å². The summed E-state index contributed by atoms with van der Waals surface area (Å²) in [5.41, 5.74) is 0.426. The molecule has 0 spiro atoms. The van der Waals surface area contributed by atoms with E-state index in [-0.39, 0.29) is 18.3 Å². The first-order valence-electron chi connectivity index (χ1n) is 9.49. The summed E-state index contributed by atoms with van der Waals surface area (Å²) in [5.74, 6) is 0.774. The molecule has 1 aromatic carbocycles. The van der Waals surface area contributed by atoms with Gasteiger partial charge < -0.3 is 24.8 Å². The predicted molar refractivity (Wildman–Crippen MR) is 113 cm³/mol. The predicted octanol–water partition coefficient (Wildman–Crippen LogP) is 4.31. The number of halogens is 3. The zero-order valence-corrected chi connectivity index (χ0v) is 17.7. The number of methoxy groups -OCH3 is 3. The molecule has 0 aliphatic heterocycles. The van der Waals surface area contributed by atoms with E-state index in [1.54, 1.807) is 36.7 Å². The van der Waals surface area contributed by atoms with Gasteiger partial charge >= 0.3 is 6.18 Å². The van der Waals surface area contributed by atoms with E-state index < -0.39 is 11.7 Å². The smallest absolute Gasteiger partial charge is 0.421 e. The van der Waals surface area contributed by atoms with Crippen molar-refractivity contribution in [3.8, 4) is 17.2 Å². The van der Waals surface area contributed by atoms with Gasteiger partial charge in [-0.3, -0.25) is 4.98 Å². The number of anilines is 3. The van der Waals surface area contributed by atoms with Gasteiger partial charge in [0, 0.05) is 43.0 Å². The lowest BCUT2D eigenvalue weighted by Crippen LogP contribution is -2.16. The second-order valence-electron chi connectivity index (χ2n) is 6.52. The highest BCUT2D eigenvalue weighted by molar-refractivity contribution is 5.66. The van der Waals surface area contributed by atoms with Gasteiger partial charge in [-0.2, -0.15) is 18.2 Å². The number of nitrogens with zero attached hydrogens (tertiary/aromatic N) is 3. The Kier molecular flexibility index (Phi) is 7.18. The third-order valence-electron chi connectivity index (χ3n) is 4.47. The van der Waals surface area contributed by atoms with E-state index in [2.05, 4.69) is 25.6 Å². The molecular formula is C21H22F3N5O3. The first-order chi connectivity index (χ1) is 15.4. The molecule has 0 saturated heterocycles. The average Bonchev–Trinajstić information content (AvgIpc) is 2.78. The molecule has 2 aromatic heterocycles. The number of aromatic nitrogens is 3. The summed E-state index contributed by atoms with van der Waals surface area (Å²) in [6.45, 7) is 0.244. The van der Waals surface area contributed by atoms with E-state index in [0.717, 1.165) is 11.8 Å². The van der Waals surface area contributed by atoms with Crippen molar-refractivity contribution in [2.45, 2.75) is 12.6 Å². The van der Waals surface area contributed by atoms with Crippen LogP contribution in [0.5, 0.6) is 17.2 Å². The molecule has 0 saturated carbocycles. The number of ether oxygens (including phenoxy) is 3. The molecule has 170 valence electrons. The van der Waals surface area contributed by atoms with Crippen LogP contribution in [0.2, 0.25) is 0 Å². The van der Waals surface area contributed by atoms with E-state index in [1.165, 1.54) is 21.3 Å². The van der Waals surface area contributed by atoms with Crippen molar-refractivity contribution >= 4 is 17.5 Å². The summed E-state index contributed by atoms with van der Waals surface area (Å²) < 4.78 is 56.2. The molecule has 0 unspecified atom stereocenters. The summed E-state index contributed by atoms with van der Waals surface area (Å²) in [6.07, 6.45) is -0.118. The SMILES string of the molecule is COc1cc(Nc2ncc(C(F)(F)F)c(NCCc3ccncc3)n2)cc(OC)c1OC. The Labute approximate surface area is 182 Å². The minimum atomic E-state index is -4.61. The lowest BCUT2D eigenvalue weighted by Gasteiger charge is -2.16. The van der Waals surface area contributed by atoms with Crippen LogP contribution in [0.15, 0.2) is 42.9 Å². The fourth-order valence-electron chi connectivity index (χ4n) is 2.94. The highest BCUT2D eigenvalue weighted by Crippen LogP contribution is 2.40. The van der Waals surface area contributed by atoms with Gasteiger partial charge in [0.1, 0.15) is 11.4 Å². The summed E-state index contributed by atoms with van der Waals surface area (Å²) in [5, 5.41) is 5.64. The number of rotatable bonds is 9. The molecule has 8 nitrogen and oxygen atoms in total. The summed E-state index contributed by atoms with van der Waals surface area (Å²) in [4.78, 5) is 11.8. The Morgan fingerprint density at radius 2 is 1.62 bits per heavy atom. The Balaban J connectivity index is 1.85. The number of hydrogen-bond acceptors (Lipinski definition) is 8. The van der Waals surface area contributed by atoms with Gasteiger partial charge in [0.25, 0.3) is 0 Å². The maximum absolute atomic E-state index is 13.4.